The van der Waals surface area contributed by atoms with Crippen LogP contribution in [0.3, 0.4) is 0 Å². The first-order chi connectivity index (χ1) is 13.4. The monoisotopic (exact) mass is 387 g/mol. The average Bonchev–Trinajstić information content (AvgIpc) is 3.16. The molecule has 0 bridgehead atoms. The van der Waals surface area contributed by atoms with Crippen LogP contribution in [-0.4, -0.2) is 46.9 Å². The van der Waals surface area contributed by atoms with Gasteiger partial charge in [-0.15, -0.1) is 0 Å². The quantitative estimate of drug-likeness (QED) is 0.611. The van der Waals surface area contributed by atoms with E-state index in [-0.39, 0.29) is 5.91 Å². The lowest BCUT2D eigenvalue weighted by Gasteiger charge is -2.30. The third-order valence-corrected chi connectivity index (χ3v) is 5.22. The Morgan fingerprint density at radius 2 is 1.89 bits per heavy atom. The minimum absolute atomic E-state index is 0.0868. The van der Waals surface area contributed by atoms with Crippen LogP contribution < -0.4 is 4.74 Å². The van der Waals surface area contributed by atoms with Gasteiger partial charge in [-0.1, -0.05) is 26.0 Å². The maximum Gasteiger partial charge on any atom is 0.275 e. The van der Waals surface area contributed by atoms with Crippen molar-refractivity contribution < 1.29 is 13.9 Å². The Balaban J connectivity index is 2.18. The number of methoxy groups -OCH3 is 1. The molecule has 1 aromatic carbocycles. The first kappa shape index (κ1) is 22.0. The van der Waals surface area contributed by atoms with Crippen molar-refractivity contribution in [1.82, 2.24) is 14.8 Å². The predicted molar refractivity (Wildman–Crippen MR) is 110 cm³/mol. The lowest BCUT2D eigenvalue weighted by atomic mass is 10.0. The van der Waals surface area contributed by atoms with Gasteiger partial charge >= 0.3 is 0 Å². The highest BCUT2D eigenvalue weighted by Gasteiger charge is 2.22. The molecule has 0 N–H and O–H groups in total. The molecule has 0 saturated carbocycles. The molecule has 1 amide bonds. The molecule has 0 spiro atoms. The summed E-state index contributed by atoms with van der Waals surface area (Å²) >= 11 is 0. The summed E-state index contributed by atoms with van der Waals surface area (Å²) in [4.78, 5) is 21.0. The van der Waals surface area contributed by atoms with Crippen LogP contribution in [0.1, 0.15) is 56.6 Å². The van der Waals surface area contributed by atoms with Gasteiger partial charge in [0.2, 0.25) is 5.89 Å². The Hall–Kier alpha value is -2.34. The second-order valence-corrected chi connectivity index (χ2v) is 7.35. The van der Waals surface area contributed by atoms with E-state index in [9.17, 15) is 4.79 Å². The molecule has 0 fully saturated rings. The van der Waals surface area contributed by atoms with Crippen LogP contribution in [-0.2, 0) is 13.1 Å². The van der Waals surface area contributed by atoms with Gasteiger partial charge < -0.3 is 14.1 Å². The molecule has 1 atom stereocenters. The van der Waals surface area contributed by atoms with Crippen molar-refractivity contribution in [2.24, 2.45) is 5.92 Å². The van der Waals surface area contributed by atoms with E-state index >= 15 is 0 Å². The zero-order valence-corrected chi connectivity index (χ0v) is 17.9. The number of aromatic nitrogens is 1. The lowest BCUT2D eigenvalue weighted by Crippen LogP contribution is -2.36. The lowest BCUT2D eigenvalue weighted by molar-refractivity contribution is 0.0767. The third kappa shape index (κ3) is 5.58. The van der Waals surface area contributed by atoms with Gasteiger partial charge in [0.05, 0.1) is 13.7 Å². The maximum absolute atomic E-state index is 12.5. The average molecular weight is 388 g/mol. The van der Waals surface area contributed by atoms with Crippen LogP contribution >= 0.6 is 0 Å². The second-order valence-electron chi connectivity index (χ2n) is 7.35. The molecule has 0 aliphatic rings. The molecular weight excluding hydrogens is 354 g/mol. The van der Waals surface area contributed by atoms with Crippen molar-refractivity contribution in [2.45, 2.75) is 53.8 Å². The Labute approximate surface area is 168 Å². The highest BCUT2D eigenvalue weighted by atomic mass is 16.5. The van der Waals surface area contributed by atoms with Crippen molar-refractivity contribution in [1.29, 1.82) is 0 Å². The van der Waals surface area contributed by atoms with Crippen LogP contribution in [0, 0.1) is 5.92 Å². The van der Waals surface area contributed by atoms with Gasteiger partial charge in [0.15, 0.2) is 5.69 Å². The summed E-state index contributed by atoms with van der Waals surface area (Å²) in [6.07, 6.45) is 1.47. The zero-order chi connectivity index (χ0) is 20.7. The van der Waals surface area contributed by atoms with Crippen LogP contribution in [0.5, 0.6) is 5.75 Å². The molecule has 6 heteroatoms. The van der Waals surface area contributed by atoms with Gasteiger partial charge in [0.1, 0.15) is 12.0 Å². The number of ether oxygens (including phenoxy) is 1. The van der Waals surface area contributed by atoms with E-state index in [1.54, 1.807) is 12.0 Å². The molecule has 28 heavy (non-hydrogen) atoms. The van der Waals surface area contributed by atoms with Crippen LogP contribution in [0.15, 0.2) is 34.9 Å². The Kier molecular flexibility index (Phi) is 8.05. The summed E-state index contributed by atoms with van der Waals surface area (Å²) in [5, 5.41) is 0. The Bertz CT molecular complexity index is 753. The fourth-order valence-electron chi connectivity index (χ4n) is 3.10. The zero-order valence-electron chi connectivity index (χ0n) is 17.9. The topological polar surface area (TPSA) is 58.8 Å². The summed E-state index contributed by atoms with van der Waals surface area (Å²) in [6.45, 7) is 13.1. The number of hydrogen-bond acceptors (Lipinski definition) is 5. The van der Waals surface area contributed by atoms with Crippen molar-refractivity contribution in [3.8, 4) is 5.75 Å². The minimum atomic E-state index is -0.0868. The minimum Gasteiger partial charge on any atom is -0.497 e. The molecule has 0 saturated heterocycles. The van der Waals surface area contributed by atoms with Crippen LogP contribution in [0.2, 0.25) is 0 Å². The highest BCUT2D eigenvalue weighted by Crippen LogP contribution is 2.20. The maximum atomic E-state index is 12.5. The number of hydrogen-bond donors (Lipinski definition) is 0. The number of amides is 1. The number of rotatable bonds is 10. The first-order valence-corrected chi connectivity index (χ1v) is 10.00. The van der Waals surface area contributed by atoms with Gasteiger partial charge in [-0.2, -0.15) is 0 Å². The third-order valence-electron chi connectivity index (χ3n) is 5.22. The van der Waals surface area contributed by atoms with E-state index < -0.39 is 0 Å². The molecule has 2 rings (SSSR count). The second kappa shape index (κ2) is 10.3. The molecule has 0 aliphatic heterocycles. The van der Waals surface area contributed by atoms with Gasteiger partial charge in [-0.05, 0) is 44.4 Å². The Morgan fingerprint density at radius 3 is 2.50 bits per heavy atom. The number of nitrogens with zero attached hydrogens (tertiary/aromatic N) is 3. The van der Waals surface area contributed by atoms with Crippen molar-refractivity contribution in [2.75, 3.05) is 20.2 Å². The number of benzene rings is 1. The largest absolute Gasteiger partial charge is 0.497 e. The Morgan fingerprint density at radius 1 is 1.18 bits per heavy atom. The fourth-order valence-corrected chi connectivity index (χ4v) is 3.10. The summed E-state index contributed by atoms with van der Waals surface area (Å²) in [5.74, 6) is 1.79. The molecule has 1 unspecified atom stereocenters. The molecule has 2 aromatic rings. The van der Waals surface area contributed by atoms with Gasteiger partial charge in [0.25, 0.3) is 5.91 Å². The van der Waals surface area contributed by atoms with E-state index in [0.717, 1.165) is 17.9 Å². The standard InChI is InChI=1S/C22H33N3O3/c1-7-24(8-2)22(26)20-15-28-21(23-20)14-25(17(5)16(3)4)13-18-10-9-11-19(12-18)27-6/h9-12,15-17H,7-8,13-14H2,1-6H3. The van der Waals surface area contributed by atoms with E-state index in [1.165, 1.54) is 6.26 Å². The van der Waals surface area contributed by atoms with E-state index in [2.05, 4.69) is 36.7 Å². The van der Waals surface area contributed by atoms with Crippen molar-refractivity contribution in [3.05, 3.63) is 47.7 Å². The number of oxazole rings is 1. The summed E-state index contributed by atoms with van der Waals surface area (Å²) in [7, 11) is 1.68. The summed E-state index contributed by atoms with van der Waals surface area (Å²) in [5.41, 5.74) is 1.54. The fraction of sp³-hybridized carbons (Fsp3) is 0.545. The van der Waals surface area contributed by atoms with Crippen molar-refractivity contribution in [3.63, 3.8) is 0 Å². The molecule has 1 heterocycles. The summed E-state index contributed by atoms with van der Waals surface area (Å²) in [6, 6.07) is 8.40. The number of carbonyl (C=O) groups excluding carboxylic acids is 1. The van der Waals surface area contributed by atoms with Crippen molar-refractivity contribution >= 4 is 5.91 Å². The molecule has 1 aromatic heterocycles. The molecule has 0 aliphatic carbocycles. The van der Waals surface area contributed by atoms with E-state index in [0.29, 0.717) is 43.2 Å². The molecule has 0 radical (unpaired) electrons. The van der Waals surface area contributed by atoms with Crippen LogP contribution in [0.4, 0.5) is 0 Å². The predicted octanol–water partition coefficient (Wildman–Crippen LogP) is 4.21. The normalized spacial score (nSPS) is 12.4. The first-order valence-electron chi connectivity index (χ1n) is 10.00. The smallest absolute Gasteiger partial charge is 0.275 e. The van der Waals surface area contributed by atoms with Gasteiger partial charge in [0, 0.05) is 25.7 Å². The molecule has 154 valence electrons. The highest BCUT2D eigenvalue weighted by molar-refractivity contribution is 5.91. The van der Waals surface area contributed by atoms with Gasteiger partial charge in [-0.3, -0.25) is 9.69 Å². The molecule has 6 nitrogen and oxygen atoms in total. The van der Waals surface area contributed by atoms with E-state index in [4.69, 9.17) is 9.15 Å². The molecular formula is C22H33N3O3. The number of carbonyl (C=O) groups is 1. The van der Waals surface area contributed by atoms with Crippen LogP contribution in [0.25, 0.3) is 0 Å². The summed E-state index contributed by atoms with van der Waals surface area (Å²) < 4.78 is 11.0. The SMILES string of the molecule is CCN(CC)C(=O)c1coc(CN(Cc2cccc(OC)c2)C(C)C(C)C)n1. The van der Waals surface area contributed by atoms with Gasteiger partial charge in [-0.25, -0.2) is 4.98 Å². The van der Waals surface area contributed by atoms with E-state index in [1.807, 2.05) is 32.0 Å².